The fourth-order valence-electron chi connectivity index (χ4n) is 2.42. The Morgan fingerprint density at radius 2 is 1.47 bits per heavy atom. The maximum absolute atomic E-state index is 13.1. The molecule has 8 nitrogen and oxygen atoms in total. The van der Waals surface area contributed by atoms with E-state index in [9.17, 15) is 21.6 Å². The molecule has 1 aromatic heterocycles. The van der Waals surface area contributed by atoms with Crippen molar-refractivity contribution in [1.29, 1.82) is 0 Å². The van der Waals surface area contributed by atoms with Crippen molar-refractivity contribution < 1.29 is 69.0 Å². The van der Waals surface area contributed by atoms with Crippen LogP contribution >= 0.6 is 0 Å². The summed E-state index contributed by atoms with van der Waals surface area (Å²) in [5.74, 6) is 0. The summed E-state index contributed by atoms with van der Waals surface area (Å²) in [4.78, 5) is -0.138. The fourth-order valence-corrected chi connectivity index (χ4v) is 2.94. The summed E-state index contributed by atoms with van der Waals surface area (Å²) in [5.41, 5.74) is 0.996. The van der Waals surface area contributed by atoms with Crippen LogP contribution in [0.3, 0.4) is 0 Å². The predicted molar refractivity (Wildman–Crippen MR) is 102 cm³/mol. The van der Waals surface area contributed by atoms with Gasteiger partial charge in [-0.3, -0.25) is 0 Å². The first kappa shape index (κ1) is 30.4. The van der Waals surface area contributed by atoms with Gasteiger partial charge in [0.1, 0.15) is 0 Å². The minimum Gasteiger partial charge on any atom is -1.00 e. The van der Waals surface area contributed by atoms with Gasteiger partial charge in [-0.2, -0.15) is 18.3 Å². The van der Waals surface area contributed by atoms with E-state index in [0.29, 0.717) is 5.56 Å². The van der Waals surface area contributed by atoms with Gasteiger partial charge in [-0.15, -0.1) is 0 Å². The number of nitrogens with two attached hydrogens (primary N) is 1. The minimum atomic E-state index is -4.61. The molecule has 0 unspecified atom stereocenters. The zero-order chi connectivity index (χ0) is 19.1. The van der Waals surface area contributed by atoms with E-state index in [2.05, 4.69) is 5.10 Å². The van der Waals surface area contributed by atoms with Gasteiger partial charge in [0.25, 0.3) is 0 Å². The quantitative estimate of drug-likeness (QED) is 0.454. The van der Waals surface area contributed by atoms with Crippen molar-refractivity contribution >= 4 is 10.0 Å². The number of alkyl halides is 3. The number of hydrogen-bond acceptors (Lipinski definition) is 3. The molecule has 0 fully saturated rings. The first-order valence-electron chi connectivity index (χ1n) is 7.43. The Balaban J connectivity index is -0.00000157. The van der Waals surface area contributed by atoms with Crippen molar-refractivity contribution in [2.24, 2.45) is 5.14 Å². The maximum Gasteiger partial charge on any atom is 1.00 e. The van der Waals surface area contributed by atoms with E-state index in [1.54, 1.807) is 24.3 Å². The molecular formula is C17H21F3N3NaO5S. The smallest absolute Gasteiger partial charge is 1.00 e. The third-order valence-corrected chi connectivity index (χ3v) is 4.69. The number of sulfonamides is 1. The third kappa shape index (κ3) is 6.62. The van der Waals surface area contributed by atoms with Crippen LogP contribution in [0.15, 0.2) is 59.5 Å². The maximum atomic E-state index is 13.1. The monoisotopic (exact) mass is 459 g/mol. The summed E-state index contributed by atoms with van der Waals surface area (Å²) in [6.07, 6.45) is -4.61. The van der Waals surface area contributed by atoms with Gasteiger partial charge in [0.05, 0.1) is 16.3 Å². The number of aromatic nitrogens is 2. The normalized spacial score (nSPS) is 10.7. The van der Waals surface area contributed by atoms with Crippen LogP contribution in [0.1, 0.15) is 12.7 Å². The average Bonchev–Trinajstić information content (AvgIpc) is 3.00. The summed E-state index contributed by atoms with van der Waals surface area (Å²) < 4.78 is 63.2. The van der Waals surface area contributed by atoms with Crippen LogP contribution in [0.2, 0.25) is 0 Å². The predicted octanol–water partition coefficient (Wildman–Crippen LogP) is -1.84. The first-order valence-corrected chi connectivity index (χ1v) is 8.98. The standard InChI is InChI=1S/C17H14F3N3O2S.Na.3H2O.H/c1-11-2-4-12(5-3-11)15-10-16(17(18,19)20)22-23(15)13-6-8-14(9-7-13)26(21,24)25;;;;;/h2-10H,1H3,(H2,21,24,25);;3*1H2;/q;+1;;;;-1. The van der Waals surface area contributed by atoms with Crippen molar-refractivity contribution in [3.63, 3.8) is 0 Å². The second-order valence-electron chi connectivity index (χ2n) is 5.73. The van der Waals surface area contributed by atoms with Crippen molar-refractivity contribution in [2.75, 3.05) is 0 Å². The van der Waals surface area contributed by atoms with Gasteiger partial charge >= 0.3 is 35.7 Å². The molecule has 3 rings (SSSR count). The first-order chi connectivity index (χ1) is 12.1. The molecule has 162 valence electrons. The molecule has 3 aromatic rings. The molecule has 0 saturated heterocycles. The van der Waals surface area contributed by atoms with Crippen LogP contribution in [-0.2, 0) is 16.2 Å². The van der Waals surface area contributed by atoms with Crippen LogP contribution in [0.25, 0.3) is 16.9 Å². The Labute approximate surface area is 194 Å². The van der Waals surface area contributed by atoms with E-state index in [1.807, 2.05) is 6.92 Å². The minimum absolute atomic E-state index is 0. The Bertz CT molecular complexity index is 1060. The van der Waals surface area contributed by atoms with Gasteiger partial charge in [-0.25, -0.2) is 18.2 Å². The van der Waals surface area contributed by atoms with Gasteiger partial charge in [-0.1, -0.05) is 29.8 Å². The van der Waals surface area contributed by atoms with Crippen molar-refractivity contribution in [3.05, 3.63) is 65.9 Å². The summed E-state index contributed by atoms with van der Waals surface area (Å²) in [6.45, 7) is 1.87. The number of halogens is 3. The Morgan fingerprint density at radius 3 is 1.90 bits per heavy atom. The van der Waals surface area contributed by atoms with Gasteiger partial charge in [0, 0.05) is 5.56 Å². The number of rotatable bonds is 3. The molecular weight excluding hydrogens is 438 g/mol. The molecule has 0 amide bonds. The van der Waals surface area contributed by atoms with Crippen LogP contribution in [-0.4, -0.2) is 34.6 Å². The van der Waals surface area contributed by atoms with E-state index in [0.717, 1.165) is 16.3 Å². The second kappa shape index (κ2) is 11.0. The summed E-state index contributed by atoms with van der Waals surface area (Å²) >= 11 is 0. The van der Waals surface area contributed by atoms with Gasteiger partial charge in [-0.05, 0) is 37.3 Å². The van der Waals surface area contributed by atoms with Crippen LogP contribution in [0.4, 0.5) is 13.2 Å². The molecule has 13 heteroatoms. The van der Waals surface area contributed by atoms with Crippen LogP contribution in [0.5, 0.6) is 0 Å². The molecule has 0 aliphatic heterocycles. The summed E-state index contributed by atoms with van der Waals surface area (Å²) in [7, 11) is -3.90. The van der Waals surface area contributed by atoms with Crippen molar-refractivity contribution in [3.8, 4) is 16.9 Å². The molecule has 0 aliphatic carbocycles. The van der Waals surface area contributed by atoms with E-state index >= 15 is 0 Å². The molecule has 8 N–H and O–H groups in total. The molecule has 0 saturated carbocycles. The Hall–Kier alpha value is -1.77. The molecule has 2 aromatic carbocycles. The van der Waals surface area contributed by atoms with E-state index in [-0.39, 0.29) is 63.7 Å². The number of hydrogen-bond donors (Lipinski definition) is 1. The summed E-state index contributed by atoms with van der Waals surface area (Å²) in [5, 5.41) is 8.70. The molecule has 0 radical (unpaired) electrons. The van der Waals surface area contributed by atoms with E-state index in [1.165, 1.54) is 24.3 Å². The molecule has 0 atom stereocenters. The largest absolute Gasteiger partial charge is 1.00 e. The number of aryl methyl sites for hydroxylation is 1. The van der Waals surface area contributed by atoms with E-state index in [4.69, 9.17) is 5.14 Å². The van der Waals surface area contributed by atoms with Gasteiger partial charge in [0.2, 0.25) is 10.0 Å². The van der Waals surface area contributed by atoms with Crippen molar-refractivity contribution in [2.45, 2.75) is 18.0 Å². The second-order valence-corrected chi connectivity index (χ2v) is 7.29. The molecule has 1 heterocycles. The molecule has 0 bridgehead atoms. The SMILES string of the molecule is Cc1ccc(-c2cc(C(F)(F)F)nn2-c2ccc(S(N)(=O)=O)cc2)cc1.O.O.O.[H-].[Na+]. The zero-order valence-corrected chi connectivity index (χ0v) is 18.8. The van der Waals surface area contributed by atoms with E-state index < -0.39 is 21.9 Å². The van der Waals surface area contributed by atoms with Gasteiger partial charge in [0.15, 0.2) is 5.69 Å². The molecule has 30 heavy (non-hydrogen) atoms. The average molecular weight is 459 g/mol. The Kier molecular flexibility index (Phi) is 11.2. The number of primary sulfonamides is 1. The molecule has 0 spiro atoms. The van der Waals surface area contributed by atoms with Crippen LogP contribution < -0.4 is 34.7 Å². The number of benzene rings is 2. The van der Waals surface area contributed by atoms with Crippen LogP contribution in [0, 0.1) is 6.92 Å². The topological polar surface area (TPSA) is 172 Å². The van der Waals surface area contributed by atoms with Crippen molar-refractivity contribution in [1.82, 2.24) is 9.78 Å². The Morgan fingerprint density at radius 1 is 0.967 bits per heavy atom. The third-order valence-electron chi connectivity index (χ3n) is 3.76. The molecule has 0 aliphatic rings. The fraction of sp³-hybridized carbons (Fsp3) is 0.118. The number of nitrogens with zero attached hydrogens (tertiary/aromatic N) is 2. The summed E-state index contributed by atoms with van der Waals surface area (Å²) in [6, 6.07) is 13.1. The van der Waals surface area contributed by atoms with Gasteiger partial charge < -0.3 is 17.9 Å². The zero-order valence-electron chi connectivity index (χ0n) is 17.0.